The summed E-state index contributed by atoms with van der Waals surface area (Å²) in [4.78, 5) is 6.51. The highest BCUT2D eigenvalue weighted by Gasteiger charge is 2.09. The van der Waals surface area contributed by atoms with Crippen LogP contribution in [0.1, 0.15) is 12.8 Å². The zero-order chi connectivity index (χ0) is 10.5. The quantitative estimate of drug-likeness (QED) is 0.776. The molecule has 4 nitrogen and oxygen atoms in total. The van der Waals surface area contributed by atoms with E-state index in [1.807, 2.05) is 6.07 Å². The van der Waals surface area contributed by atoms with Crippen molar-refractivity contribution in [1.82, 2.24) is 9.88 Å². The van der Waals surface area contributed by atoms with E-state index >= 15 is 0 Å². The second-order valence-corrected chi connectivity index (χ2v) is 3.98. The lowest BCUT2D eigenvalue weighted by Gasteiger charge is -2.15. The van der Waals surface area contributed by atoms with E-state index in [4.69, 9.17) is 5.73 Å². The number of nitrogens with two attached hydrogens (primary N) is 1. The fourth-order valence-electron chi connectivity index (χ4n) is 1.92. The van der Waals surface area contributed by atoms with E-state index in [9.17, 15) is 0 Å². The summed E-state index contributed by atoms with van der Waals surface area (Å²) in [6.45, 7) is 4.56. The van der Waals surface area contributed by atoms with Crippen LogP contribution in [0.3, 0.4) is 0 Å². The summed E-state index contributed by atoms with van der Waals surface area (Å²) < 4.78 is 0. The number of hydrogen-bond donors (Lipinski definition) is 2. The fraction of sp³-hybridized carbons (Fsp3) is 0.545. The zero-order valence-corrected chi connectivity index (χ0v) is 8.95. The Morgan fingerprint density at radius 1 is 1.33 bits per heavy atom. The number of nitrogens with one attached hydrogen (secondary N) is 1. The third-order valence-corrected chi connectivity index (χ3v) is 2.72. The lowest BCUT2D eigenvalue weighted by molar-refractivity contribution is 0.352. The van der Waals surface area contributed by atoms with E-state index in [-0.39, 0.29) is 0 Å². The van der Waals surface area contributed by atoms with Crippen molar-refractivity contribution in [2.24, 2.45) is 0 Å². The Balaban J connectivity index is 1.73. The molecule has 0 aromatic carbocycles. The van der Waals surface area contributed by atoms with Gasteiger partial charge in [-0.1, -0.05) is 0 Å². The van der Waals surface area contributed by atoms with Crippen LogP contribution in [0, 0.1) is 0 Å². The molecule has 15 heavy (non-hydrogen) atoms. The maximum Gasteiger partial charge on any atom is 0.0547 e. The van der Waals surface area contributed by atoms with E-state index in [2.05, 4.69) is 15.2 Å². The molecular weight excluding hydrogens is 188 g/mol. The average Bonchev–Trinajstić information content (AvgIpc) is 2.71. The molecule has 0 bridgehead atoms. The number of anilines is 2. The molecule has 1 aromatic rings. The summed E-state index contributed by atoms with van der Waals surface area (Å²) in [5.74, 6) is 0. The van der Waals surface area contributed by atoms with Crippen molar-refractivity contribution in [2.45, 2.75) is 12.8 Å². The van der Waals surface area contributed by atoms with Gasteiger partial charge in [-0.25, -0.2) is 0 Å². The highest BCUT2D eigenvalue weighted by atomic mass is 15.1. The molecule has 0 amide bonds. The summed E-state index contributed by atoms with van der Waals surface area (Å²) in [5.41, 5.74) is 7.36. The van der Waals surface area contributed by atoms with Crippen LogP contribution >= 0.6 is 0 Å². The summed E-state index contributed by atoms with van der Waals surface area (Å²) >= 11 is 0. The zero-order valence-electron chi connectivity index (χ0n) is 8.95. The SMILES string of the molecule is Nc1cncc(NCCN2CCCC2)c1. The normalized spacial score (nSPS) is 16.8. The van der Waals surface area contributed by atoms with Crippen molar-refractivity contribution < 1.29 is 0 Å². The van der Waals surface area contributed by atoms with Gasteiger partial charge in [0, 0.05) is 19.3 Å². The summed E-state index contributed by atoms with van der Waals surface area (Å²) in [6.07, 6.45) is 6.16. The summed E-state index contributed by atoms with van der Waals surface area (Å²) in [5, 5.41) is 3.33. The smallest absolute Gasteiger partial charge is 0.0547 e. The first-order chi connectivity index (χ1) is 7.34. The van der Waals surface area contributed by atoms with E-state index in [0.29, 0.717) is 5.69 Å². The standard InChI is InChI=1S/C11H18N4/c12-10-7-11(9-13-8-10)14-3-6-15-4-1-2-5-15/h7-9,14H,1-6,12H2. The van der Waals surface area contributed by atoms with Crippen LogP contribution in [0.15, 0.2) is 18.5 Å². The van der Waals surface area contributed by atoms with Crippen LogP contribution in [0.25, 0.3) is 0 Å². The van der Waals surface area contributed by atoms with Gasteiger partial charge >= 0.3 is 0 Å². The maximum atomic E-state index is 5.64. The van der Waals surface area contributed by atoms with Crippen molar-refractivity contribution in [1.29, 1.82) is 0 Å². The summed E-state index contributed by atoms with van der Waals surface area (Å²) in [6, 6.07) is 1.91. The van der Waals surface area contributed by atoms with Crippen LogP contribution in [-0.4, -0.2) is 36.1 Å². The van der Waals surface area contributed by atoms with Gasteiger partial charge in [0.2, 0.25) is 0 Å². The first-order valence-electron chi connectivity index (χ1n) is 5.51. The molecule has 0 atom stereocenters. The Kier molecular flexibility index (Phi) is 3.40. The molecule has 0 radical (unpaired) electrons. The lowest BCUT2D eigenvalue weighted by atomic mass is 10.3. The van der Waals surface area contributed by atoms with Crippen molar-refractivity contribution in [3.05, 3.63) is 18.5 Å². The molecular formula is C11H18N4. The van der Waals surface area contributed by atoms with Crippen LogP contribution in [0.2, 0.25) is 0 Å². The Labute approximate surface area is 90.5 Å². The molecule has 2 rings (SSSR count). The maximum absolute atomic E-state index is 5.64. The van der Waals surface area contributed by atoms with Gasteiger partial charge in [-0.05, 0) is 32.0 Å². The molecule has 0 saturated carbocycles. The minimum Gasteiger partial charge on any atom is -0.397 e. The average molecular weight is 206 g/mol. The summed E-state index contributed by atoms with van der Waals surface area (Å²) in [7, 11) is 0. The molecule has 1 aliphatic rings. The molecule has 2 heterocycles. The molecule has 1 aliphatic heterocycles. The minimum atomic E-state index is 0.709. The number of pyridine rings is 1. The first-order valence-corrected chi connectivity index (χ1v) is 5.51. The Hall–Kier alpha value is -1.29. The molecule has 82 valence electrons. The molecule has 0 unspecified atom stereocenters. The van der Waals surface area contributed by atoms with Gasteiger partial charge in [-0.2, -0.15) is 0 Å². The van der Waals surface area contributed by atoms with E-state index in [1.54, 1.807) is 12.4 Å². The number of nitrogen functional groups attached to an aromatic ring is 1. The van der Waals surface area contributed by atoms with Crippen molar-refractivity contribution >= 4 is 11.4 Å². The number of nitrogens with zero attached hydrogens (tertiary/aromatic N) is 2. The van der Waals surface area contributed by atoms with E-state index in [1.165, 1.54) is 25.9 Å². The topological polar surface area (TPSA) is 54.2 Å². The number of aromatic nitrogens is 1. The molecule has 4 heteroatoms. The van der Waals surface area contributed by atoms with Crippen LogP contribution in [-0.2, 0) is 0 Å². The van der Waals surface area contributed by atoms with Crippen LogP contribution < -0.4 is 11.1 Å². The van der Waals surface area contributed by atoms with Gasteiger partial charge in [-0.15, -0.1) is 0 Å². The lowest BCUT2D eigenvalue weighted by Crippen LogP contribution is -2.25. The Bertz CT molecular complexity index is 307. The first kappa shape index (κ1) is 10.2. The fourth-order valence-corrected chi connectivity index (χ4v) is 1.92. The second-order valence-electron chi connectivity index (χ2n) is 3.98. The molecule has 0 aliphatic carbocycles. The van der Waals surface area contributed by atoms with Gasteiger partial charge in [0.1, 0.15) is 0 Å². The highest BCUT2D eigenvalue weighted by Crippen LogP contribution is 2.10. The van der Waals surface area contributed by atoms with Gasteiger partial charge in [0.15, 0.2) is 0 Å². The molecule has 1 saturated heterocycles. The van der Waals surface area contributed by atoms with Gasteiger partial charge in [0.05, 0.1) is 17.6 Å². The van der Waals surface area contributed by atoms with Gasteiger partial charge in [0.25, 0.3) is 0 Å². The Morgan fingerprint density at radius 3 is 2.87 bits per heavy atom. The van der Waals surface area contributed by atoms with Gasteiger partial charge < -0.3 is 16.0 Å². The van der Waals surface area contributed by atoms with Crippen molar-refractivity contribution in [3.8, 4) is 0 Å². The van der Waals surface area contributed by atoms with E-state index in [0.717, 1.165) is 18.8 Å². The Morgan fingerprint density at radius 2 is 2.13 bits per heavy atom. The molecule has 3 N–H and O–H groups in total. The largest absolute Gasteiger partial charge is 0.397 e. The monoisotopic (exact) mass is 206 g/mol. The predicted molar refractivity (Wildman–Crippen MR) is 62.8 cm³/mol. The predicted octanol–water partition coefficient (Wildman–Crippen LogP) is 1.17. The van der Waals surface area contributed by atoms with Crippen molar-refractivity contribution in [3.63, 3.8) is 0 Å². The van der Waals surface area contributed by atoms with Crippen molar-refractivity contribution in [2.75, 3.05) is 37.2 Å². The van der Waals surface area contributed by atoms with Crippen LogP contribution in [0.4, 0.5) is 11.4 Å². The highest BCUT2D eigenvalue weighted by molar-refractivity contribution is 5.51. The van der Waals surface area contributed by atoms with Crippen LogP contribution in [0.5, 0.6) is 0 Å². The number of likely N-dealkylation sites (tertiary alicyclic amines) is 1. The number of rotatable bonds is 4. The third kappa shape index (κ3) is 3.09. The minimum absolute atomic E-state index is 0.709. The second kappa shape index (κ2) is 4.98. The number of hydrogen-bond acceptors (Lipinski definition) is 4. The molecule has 0 spiro atoms. The third-order valence-electron chi connectivity index (χ3n) is 2.72. The van der Waals surface area contributed by atoms with E-state index < -0.39 is 0 Å². The molecule has 1 aromatic heterocycles. The molecule has 1 fully saturated rings. The van der Waals surface area contributed by atoms with Gasteiger partial charge in [-0.3, -0.25) is 4.98 Å².